The highest BCUT2D eigenvalue weighted by Gasteiger charge is 2.06. The van der Waals surface area contributed by atoms with Crippen LogP contribution >= 0.6 is 23.4 Å². The van der Waals surface area contributed by atoms with Crippen LogP contribution in [-0.2, 0) is 0 Å². The number of nitriles is 1. The molecule has 0 aliphatic rings. The van der Waals surface area contributed by atoms with E-state index in [0.29, 0.717) is 10.7 Å². The van der Waals surface area contributed by atoms with Gasteiger partial charge in [-0.15, -0.1) is 0 Å². The molecule has 2 rings (SSSR count). The summed E-state index contributed by atoms with van der Waals surface area (Å²) in [7, 11) is 0. The van der Waals surface area contributed by atoms with Gasteiger partial charge >= 0.3 is 0 Å². The summed E-state index contributed by atoms with van der Waals surface area (Å²) in [5.74, 6) is 0. The van der Waals surface area contributed by atoms with Gasteiger partial charge in [0.1, 0.15) is 10.2 Å². The Morgan fingerprint density at radius 3 is 2.72 bits per heavy atom. The van der Waals surface area contributed by atoms with E-state index in [2.05, 4.69) is 43.1 Å². The summed E-state index contributed by atoms with van der Waals surface area (Å²) in [5.41, 5.74) is 2.92. The predicted molar refractivity (Wildman–Crippen MR) is 74.0 cm³/mol. The number of aromatic nitrogens is 1. The third-order valence-corrected chi connectivity index (χ3v) is 3.73. The third-order valence-electron chi connectivity index (χ3n) is 2.46. The lowest BCUT2D eigenvalue weighted by Crippen LogP contribution is -1.87. The number of benzene rings is 1. The molecule has 0 spiro atoms. The van der Waals surface area contributed by atoms with Gasteiger partial charge in [0.2, 0.25) is 0 Å². The van der Waals surface area contributed by atoms with E-state index in [4.69, 9.17) is 16.9 Å². The molecule has 0 aliphatic heterocycles. The molecule has 0 aliphatic carbocycles. The fraction of sp³-hybridized carbons (Fsp3) is 0.143. The first-order valence-electron chi connectivity index (χ1n) is 5.41. The fourth-order valence-corrected chi connectivity index (χ4v) is 2.81. The maximum atomic E-state index is 8.91. The van der Waals surface area contributed by atoms with Crippen LogP contribution < -0.4 is 0 Å². The highest BCUT2D eigenvalue weighted by Crippen LogP contribution is 2.31. The molecule has 0 bridgehead atoms. The van der Waals surface area contributed by atoms with Crippen molar-refractivity contribution in [3.63, 3.8) is 0 Å². The Bertz CT molecular complexity index is 632. The average Bonchev–Trinajstić information content (AvgIpc) is 2.33. The topological polar surface area (TPSA) is 36.7 Å². The van der Waals surface area contributed by atoms with E-state index in [-0.39, 0.29) is 0 Å². The first-order chi connectivity index (χ1) is 8.58. The molecule has 90 valence electrons. The van der Waals surface area contributed by atoms with E-state index < -0.39 is 0 Å². The second kappa shape index (κ2) is 5.43. The van der Waals surface area contributed by atoms with Gasteiger partial charge in [-0.3, -0.25) is 0 Å². The number of halogens is 1. The van der Waals surface area contributed by atoms with E-state index in [1.54, 1.807) is 12.1 Å². The molecule has 0 amide bonds. The number of pyridine rings is 1. The van der Waals surface area contributed by atoms with E-state index in [0.717, 1.165) is 9.92 Å². The summed E-state index contributed by atoms with van der Waals surface area (Å²) in [5, 5.41) is 10.00. The van der Waals surface area contributed by atoms with Crippen LogP contribution in [0.3, 0.4) is 0 Å². The zero-order valence-corrected chi connectivity index (χ0v) is 11.6. The van der Waals surface area contributed by atoms with Crippen molar-refractivity contribution in [2.24, 2.45) is 0 Å². The lowest BCUT2D eigenvalue weighted by Gasteiger charge is -2.06. The van der Waals surface area contributed by atoms with Gasteiger partial charge in [-0.25, -0.2) is 4.98 Å². The molecule has 0 N–H and O–H groups in total. The molecule has 1 heterocycles. The van der Waals surface area contributed by atoms with Crippen molar-refractivity contribution in [1.29, 1.82) is 5.26 Å². The van der Waals surface area contributed by atoms with Gasteiger partial charge < -0.3 is 0 Å². The van der Waals surface area contributed by atoms with E-state index in [1.807, 2.05) is 0 Å². The molecule has 0 unspecified atom stereocenters. The SMILES string of the molecule is Cc1ccc(C)c(Sc2cc(C#N)cc(Cl)n2)c1. The molecule has 0 radical (unpaired) electrons. The molecule has 0 atom stereocenters. The van der Waals surface area contributed by atoms with Crippen molar-refractivity contribution in [3.05, 3.63) is 52.2 Å². The third kappa shape index (κ3) is 3.04. The number of nitrogens with zero attached hydrogens (tertiary/aromatic N) is 2. The van der Waals surface area contributed by atoms with Crippen molar-refractivity contribution < 1.29 is 0 Å². The van der Waals surface area contributed by atoms with Crippen LogP contribution in [0.25, 0.3) is 0 Å². The van der Waals surface area contributed by atoms with Crippen LogP contribution in [0.1, 0.15) is 16.7 Å². The smallest absolute Gasteiger partial charge is 0.131 e. The summed E-state index contributed by atoms with van der Waals surface area (Å²) < 4.78 is 0. The van der Waals surface area contributed by atoms with Crippen LogP contribution in [-0.4, -0.2) is 4.98 Å². The van der Waals surface area contributed by atoms with E-state index >= 15 is 0 Å². The Balaban J connectivity index is 2.37. The molecule has 2 nitrogen and oxygen atoms in total. The zero-order chi connectivity index (χ0) is 13.1. The highest BCUT2D eigenvalue weighted by molar-refractivity contribution is 7.99. The van der Waals surface area contributed by atoms with Gasteiger partial charge in [-0.1, -0.05) is 35.5 Å². The molecule has 1 aromatic carbocycles. The monoisotopic (exact) mass is 274 g/mol. The summed E-state index contributed by atoms with van der Waals surface area (Å²) in [6.45, 7) is 4.10. The minimum atomic E-state index is 0.349. The first kappa shape index (κ1) is 12.9. The van der Waals surface area contributed by atoms with Gasteiger partial charge in [0.25, 0.3) is 0 Å². The fourth-order valence-electron chi connectivity index (χ4n) is 1.52. The minimum absolute atomic E-state index is 0.349. The summed E-state index contributed by atoms with van der Waals surface area (Å²) in [6, 6.07) is 11.7. The van der Waals surface area contributed by atoms with E-state index in [1.165, 1.54) is 22.9 Å². The maximum absolute atomic E-state index is 8.91. The molecule has 4 heteroatoms. The average molecular weight is 275 g/mol. The van der Waals surface area contributed by atoms with Gasteiger partial charge in [-0.05, 0) is 43.2 Å². The minimum Gasteiger partial charge on any atom is -0.229 e. The molecular weight excluding hydrogens is 264 g/mol. The molecule has 0 fully saturated rings. The van der Waals surface area contributed by atoms with Crippen molar-refractivity contribution in [2.75, 3.05) is 0 Å². The number of hydrogen-bond donors (Lipinski definition) is 0. The van der Waals surface area contributed by atoms with Crippen LogP contribution in [0.5, 0.6) is 0 Å². The maximum Gasteiger partial charge on any atom is 0.131 e. The Kier molecular flexibility index (Phi) is 3.90. The normalized spacial score (nSPS) is 10.1. The molecular formula is C14H11ClN2S. The van der Waals surface area contributed by atoms with Gasteiger partial charge in [0.15, 0.2) is 0 Å². The second-order valence-corrected chi connectivity index (χ2v) is 5.45. The van der Waals surface area contributed by atoms with E-state index in [9.17, 15) is 0 Å². The zero-order valence-electron chi connectivity index (χ0n) is 10.1. The van der Waals surface area contributed by atoms with Crippen molar-refractivity contribution in [3.8, 4) is 6.07 Å². The van der Waals surface area contributed by atoms with Crippen molar-refractivity contribution >= 4 is 23.4 Å². The number of hydrogen-bond acceptors (Lipinski definition) is 3. The summed E-state index contributed by atoms with van der Waals surface area (Å²) >= 11 is 7.42. The number of rotatable bonds is 2. The first-order valence-corrected chi connectivity index (χ1v) is 6.61. The predicted octanol–water partition coefficient (Wildman–Crippen LogP) is 4.37. The Morgan fingerprint density at radius 2 is 2.00 bits per heavy atom. The van der Waals surface area contributed by atoms with Crippen molar-refractivity contribution in [1.82, 2.24) is 4.98 Å². The molecule has 2 aromatic rings. The van der Waals surface area contributed by atoms with Crippen LogP contribution in [0.2, 0.25) is 5.15 Å². The molecule has 0 saturated heterocycles. The lowest BCUT2D eigenvalue weighted by atomic mass is 10.2. The largest absolute Gasteiger partial charge is 0.229 e. The second-order valence-electron chi connectivity index (χ2n) is 4.00. The summed E-state index contributed by atoms with van der Waals surface area (Å²) in [6.07, 6.45) is 0. The summed E-state index contributed by atoms with van der Waals surface area (Å²) in [4.78, 5) is 5.36. The van der Waals surface area contributed by atoms with Gasteiger partial charge in [0.05, 0.1) is 11.6 Å². The highest BCUT2D eigenvalue weighted by atomic mass is 35.5. The molecule has 0 saturated carbocycles. The lowest BCUT2D eigenvalue weighted by molar-refractivity contribution is 1.12. The standard InChI is InChI=1S/C14H11ClN2S/c1-9-3-4-10(2)12(5-9)18-14-7-11(8-16)6-13(15)17-14/h3-7H,1-2H3. The molecule has 18 heavy (non-hydrogen) atoms. The van der Waals surface area contributed by atoms with Crippen LogP contribution in [0.15, 0.2) is 40.3 Å². The van der Waals surface area contributed by atoms with Gasteiger partial charge in [-0.2, -0.15) is 5.26 Å². The van der Waals surface area contributed by atoms with Crippen LogP contribution in [0, 0.1) is 25.2 Å². The van der Waals surface area contributed by atoms with Gasteiger partial charge in [0, 0.05) is 4.90 Å². The van der Waals surface area contributed by atoms with Crippen molar-refractivity contribution in [2.45, 2.75) is 23.8 Å². The Hall–Kier alpha value is -1.50. The Labute approximate surface area is 116 Å². The Morgan fingerprint density at radius 1 is 1.22 bits per heavy atom. The number of aryl methyl sites for hydroxylation is 2. The van der Waals surface area contributed by atoms with Crippen LogP contribution in [0.4, 0.5) is 0 Å². The molecule has 1 aromatic heterocycles. The quantitative estimate of drug-likeness (QED) is 0.763.